The van der Waals surface area contributed by atoms with Gasteiger partial charge in [-0.15, -0.1) is 5.10 Å². The molecule has 2 atom stereocenters. The molecule has 1 aromatic heterocycles. The molecule has 0 fully saturated rings. The van der Waals surface area contributed by atoms with Crippen LogP contribution in [0.1, 0.15) is 19.4 Å². The van der Waals surface area contributed by atoms with E-state index in [1.165, 1.54) is 0 Å². The summed E-state index contributed by atoms with van der Waals surface area (Å²) >= 11 is 3.43. The number of anilines is 1. The molecule has 3 N–H and O–H groups in total. The minimum atomic E-state index is -0.290. The Morgan fingerprint density at radius 3 is 2.90 bits per heavy atom. The van der Waals surface area contributed by atoms with Crippen LogP contribution in [-0.4, -0.2) is 26.7 Å². The van der Waals surface area contributed by atoms with Gasteiger partial charge >= 0.3 is 0 Å². The third-order valence-electron chi connectivity index (χ3n) is 3.21. The number of aromatic nitrogens is 3. The SMILES string of the molecule is CC(N)C(C)C(=O)Nc1ncn(Cc2cccc(Br)c2)n1. The molecule has 112 valence electrons. The molecule has 0 bridgehead atoms. The summed E-state index contributed by atoms with van der Waals surface area (Å²) in [6.45, 7) is 4.16. The summed E-state index contributed by atoms with van der Waals surface area (Å²) in [6, 6.07) is 7.73. The molecule has 2 unspecified atom stereocenters. The number of amides is 1. The predicted octanol–water partition coefficient (Wildman–Crippen LogP) is 2.01. The van der Waals surface area contributed by atoms with Crippen LogP contribution in [0.15, 0.2) is 35.1 Å². The van der Waals surface area contributed by atoms with Gasteiger partial charge in [-0.25, -0.2) is 9.67 Å². The third-order valence-corrected chi connectivity index (χ3v) is 3.70. The van der Waals surface area contributed by atoms with Crippen molar-refractivity contribution in [1.82, 2.24) is 14.8 Å². The maximum Gasteiger partial charge on any atom is 0.248 e. The summed E-state index contributed by atoms with van der Waals surface area (Å²) in [7, 11) is 0. The lowest BCUT2D eigenvalue weighted by molar-refractivity contribution is -0.119. The molecule has 1 heterocycles. The van der Waals surface area contributed by atoms with Gasteiger partial charge < -0.3 is 5.73 Å². The molecule has 0 aliphatic carbocycles. The van der Waals surface area contributed by atoms with Crippen molar-refractivity contribution in [3.8, 4) is 0 Å². The Kier molecular flexibility index (Phi) is 5.08. The number of hydrogen-bond acceptors (Lipinski definition) is 4. The highest BCUT2D eigenvalue weighted by Crippen LogP contribution is 2.13. The number of carbonyl (C=O) groups excluding carboxylic acids is 1. The normalized spacial score (nSPS) is 13.7. The molecule has 1 aromatic carbocycles. The Balaban J connectivity index is 2.00. The average Bonchev–Trinajstić information content (AvgIpc) is 2.84. The molecular weight excluding hydrogens is 334 g/mol. The van der Waals surface area contributed by atoms with E-state index in [-0.39, 0.29) is 17.9 Å². The fourth-order valence-electron chi connectivity index (χ4n) is 1.71. The second-order valence-corrected chi connectivity index (χ2v) is 5.95. The molecule has 2 aromatic rings. The van der Waals surface area contributed by atoms with E-state index in [1.807, 2.05) is 24.3 Å². The Morgan fingerprint density at radius 1 is 1.48 bits per heavy atom. The van der Waals surface area contributed by atoms with Crippen molar-refractivity contribution in [2.45, 2.75) is 26.4 Å². The number of rotatable bonds is 5. The van der Waals surface area contributed by atoms with Crippen LogP contribution in [0.25, 0.3) is 0 Å². The third kappa shape index (κ3) is 4.37. The van der Waals surface area contributed by atoms with Gasteiger partial charge in [-0.2, -0.15) is 0 Å². The molecule has 0 spiro atoms. The summed E-state index contributed by atoms with van der Waals surface area (Å²) in [5, 5.41) is 6.90. The minimum absolute atomic E-state index is 0.176. The van der Waals surface area contributed by atoms with E-state index in [9.17, 15) is 4.79 Å². The molecule has 2 rings (SSSR count). The Labute approximate surface area is 131 Å². The highest BCUT2D eigenvalue weighted by atomic mass is 79.9. The number of nitrogens with zero attached hydrogens (tertiary/aromatic N) is 3. The minimum Gasteiger partial charge on any atom is -0.327 e. The number of carbonyl (C=O) groups is 1. The van der Waals surface area contributed by atoms with Gasteiger partial charge in [0.2, 0.25) is 11.9 Å². The Morgan fingerprint density at radius 2 is 2.24 bits per heavy atom. The summed E-state index contributed by atoms with van der Waals surface area (Å²) in [6.07, 6.45) is 1.59. The molecule has 0 aliphatic rings. The zero-order valence-electron chi connectivity index (χ0n) is 12.0. The summed E-state index contributed by atoms with van der Waals surface area (Å²) in [4.78, 5) is 16.0. The fraction of sp³-hybridized carbons (Fsp3) is 0.357. The average molecular weight is 352 g/mol. The van der Waals surface area contributed by atoms with Gasteiger partial charge in [0.05, 0.1) is 12.5 Å². The number of hydrogen-bond donors (Lipinski definition) is 2. The second kappa shape index (κ2) is 6.82. The van der Waals surface area contributed by atoms with Crippen molar-refractivity contribution in [2.24, 2.45) is 11.7 Å². The maximum absolute atomic E-state index is 11.9. The van der Waals surface area contributed by atoms with Gasteiger partial charge in [-0.3, -0.25) is 10.1 Å². The van der Waals surface area contributed by atoms with Crippen LogP contribution >= 0.6 is 15.9 Å². The maximum atomic E-state index is 11.9. The van der Waals surface area contributed by atoms with Crippen molar-refractivity contribution < 1.29 is 4.79 Å². The van der Waals surface area contributed by atoms with E-state index in [0.717, 1.165) is 10.0 Å². The van der Waals surface area contributed by atoms with Crippen molar-refractivity contribution >= 4 is 27.8 Å². The number of nitrogens with one attached hydrogen (secondary N) is 1. The number of nitrogens with two attached hydrogens (primary N) is 1. The summed E-state index contributed by atoms with van der Waals surface area (Å²) in [5.41, 5.74) is 6.79. The van der Waals surface area contributed by atoms with Crippen LogP contribution in [0.4, 0.5) is 5.95 Å². The monoisotopic (exact) mass is 351 g/mol. The molecule has 0 saturated heterocycles. The van der Waals surface area contributed by atoms with Gasteiger partial charge in [0, 0.05) is 10.5 Å². The van der Waals surface area contributed by atoms with E-state index in [0.29, 0.717) is 12.5 Å². The van der Waals surface area contributed by atoms with E-state index in [1.54, 1.807) is 24.9 Å². The lowest BCUT2D eigenvalue weighted by Gasteiger charge is -2.13. The van der Waals surface area contributed by atoms with Crippen LogP contribution in [0.3, 0.4) is 0 Å². The zero-order chi connectivity index (χ0) is 15.4. The Hall–Kier alpha value is -1.73. The summed E-state index contributed by atoms with van der Waals surface area (Å²) in [5.74, 6) is -0.172. The van der Waals surface area contributed by atoms with Gasteiger partial charge in [0.1, 0.15) is 6.33 Å². The van der Waals surface area contributed by atoms with Crippen LogP contribution in [0.5, 0.6) is 0 Å². The quantitative estimate of drug-likeness (QED) is 0.862. The van der Waals surface area contributed by atoms with Crippen molar-refractivity contribution in [3.05, 3.63) is 40.6 Å². The fourth-order valence-corrected chi connectivity index (χ4v) is 2.16. The number of halogens is 1. The van der Waals surface area contributed by atoms with Crippen molar-refractivity contribution in [2.75, 3.05) is 5.32 Å². The molecule has 1 amide bonds. The lowest BCUT2D eigenvalue weighted by Crippen LogP contribution is -2.34. The largest absolute Gasteiger partial charge is 0.327 e. The van der Waals surface area contributed by atoms with Gasteiger partial charge in [0.25, 0.3) is 0 Å². The van der Waals surface area contributed by atoms with Crippen LogP contribution in [0, 0.1) is 5.92 Å². The van der Waals surface area contributed by atoms with Crippen molar-refractivity contribution in [1.29, 1.82) is 0 Å². The first kappa shape index (κ1) is 15.7. The highest BCUT2D eigenvalue weighted by molar-refractivity contribution is 9.10. The first-order valence-corrected chi connectivity index (χ1v) is 7.45. The highest BCUT2D eigenvalue weighted by Gasteiger charge is 2.18. The van der Waals surface area contributed by atoms with Crippen LogP contribution < -0.4 is 11.1 Å². The second-order valence-electron chi connectivity index (χ2n) is 5.03. The lowest BCUT2D eigenvalue weighted by atomic mass is 10.0. The zero-order valence-corrected chi connectivity index (χ0v) is 13.5. The molecule has 7 heteroatoms. The molecule has 6 nitrogen and oxygen atoms in total. The predicted molar refractivity (Wildman–Crippen MR) is 84.7 cm³/mol. The van der Waals surface area contributed by atoms with Gasteiger partial charge in [0.15, 0.2) is 0 Å². The van der Waals surface area contributed by atoms with Crippen molar-refractivity contribution in [3.63, 3.8) is 0 Å². The molecule has 21 heavy (non-hydrogen) atoms. The smallest absolute Gasteiger partial charge is 0.248 e. The molecular formula is C14H18BrN5O. The summed E-state index contributed by atoms with van der Waals surface area (Å²) < 4.78 is 2.69. The van der Waals surface area contributed by atoms with Crippen LogP contribution in [-0.2, 0) is 11.3 Å². The van der Waals surface area contributed by atoms with E-state index in [4.69, 9.17) is 5.73 Å². The Bertz CT molecular complexity index is 625. The standard InChI is InChI=1S/C14H18BrN5O/c1-9(10(2)16)13(21)18-14-17-8-20(19-14)7-11-4-3-5-12(15)6-11/h3-6,8-10H,7,16H2,1-2H3,(H,18,19,21). The van der Waals surface area contributed by atoms with Gasteiger partial charge in [-0.05, 0) is 24.6 Å². The molecule has 0 aliphatic heterocycles. The van der Waals surface area contributed by atoms with E-state index in [2.05, 4.69) is 31.3 Å². The topological polar surface area (TPSA) is 85.8 Å². The first-order chi connectivity index (χ1) is 9.95. The first-order valence-electron chi connectivity index (χ1n) is 6.66. The molecule has 0 saturated carbocycles. The van der Waals surface area contributed by atoms with Crippen LogP contribution in [0.2, 0.25) is 0 Å². The van der Waals surface area contributed by atoms with Gasteiger partial charge in [-0.1, -0.05) is 35.0 Å². The van der Waals surface area contributed by atoms with E-state index >= 15 is 0 Å². The molecule has 0 radical (unpaired) electrons. The van der Waals surface area contributed by atoms with E-state index < -0.39 is 0 Å². The number of benzene rings is 1.